The first kappa shape index (κ1) is 15.2. The fourth-order valence-corrected chi connectivity index (χ4v) is 2.27. The number of aromatic hydroxyl groups is 1. The minimum absolute atomic E-state index is 0.0117. The molecule has 0 spiro atoms. The second-order valence-electron chi connectivity index (χ2n) is 5.50. The first-order valence-electron chi connectivity index (χ1n) is 6.84. The van der Waals surface area contributed by atoms with E-state index in [0.29, 0.717) is 25.9 Å². The summed E-state index contributed by atoms with van der Waals surface area (Å²) in [6.07, 6.45) is 0.870. The fraction of sp³-hybridized carbons (Fsp3) is 0.467. The number of rotatable bonds is 4. The maximum atomic E-state index is 12.0. The van der Waals surface area contributed by atoms with Crippen molar-refractivity contribution in [1.82, 2.24) is 4.90 Å². The van der Waals surface area contributed by atoms with E-state index in [0.717, 1.165) is 0 Å². The molecule has 1 aromatic rings. The molecule has 1 heterocycles. The van der Waals surface area contributed by atoms with Gasteiger partial charge in [0.1, 0.15) is 0 Å². The van der Waals surface area contributed by atoms with Crippen LogP contribution in [0.25, 0.3) is 0 Å². The van der Waals surface area contributed by atoms with Gasteiger partial charge in [-0.3, -0.25) is 9.59 Å². The van der Waals surface area contributed by atoms with E-state index < -0.39 is 11.4 Å². The number of phenolic OH excluding ortho intramolecular Hbond substituents is 1. The predicted octanol–water partition coefficient (Wildman–Crippen LogP) is 1.48. The number of nitrogens with zero attached hydrogens (tertiary/aromatic N) is 1. The Morgan fingerprint density at radius 2 is 1.90 bits per heavy atom. The maximum Gasteiger partial charge on any atom is 0.309 e. The largest absolute Gasteiger partial charge is 0.504 e. The van der Waals surface area contributed by atoms with Crippen molar-refractivity contribution in [3.05, 3.63) is 24.3 Å². The Morgan fingerprint density at radius 3 is 2.48 bits per heavy atom. The molecule has 0 aliphatic carbocycles. The van der Waals surface area contributed by atoms with Crippen LogP contribution in [-0.4, -0.2) is 46.7 Å². The summed E-state index contributed by atoms with van der Waals surface area (Å²) in [5.74, 6) is -0.772. The molecule has 1 amide bonds. The lowest BCUT2D eigenvalue weighted by Gasteiger charge is -2.36. The monoisotopic (exact) mass is 293 g/mol. The van der Waals surface area contributed by atoms with Gasteiger partial charge in [0.05, 0.1) is 5.41 Å². The van der Waals surface area contributed by atoms with E-state index >= 15 is 0 Å². The van der Waals surface area contributed by atoms with Crippen LogP contribution in [0.15, 0.2) is 24.3 Å². The van der Waals surface area contributed by atoms with Gasteiger partial charge in [-0.25, -0.2) is 0 Å². The third kappa shape index (κ3) is 3.45. The molecule has 1 aliphatic heterocycles. The third-order valence-electron chi connectivity index (χ3n) is 3.95. The molecular formula is C15H19NO5. The standard InChI is InChI=1S/C15H19NO5/c1-15(14(19)20)6-8-16(9-7-15)13(18)10-21-12-5-3-2-4-11(12)17/h2-5,17H,6-10H2,1H3,(H,19,20). The molecular weight excluding hydrogens is 274 g/mol. The van der Waals surface area contributed by atoms with Gasteiger partial charge in [0.15, 0.2) is 18.1 Å². The average Bonchev–Trinajstić information content (AvgIpc) is 2.46. The molecule has 2 rings (SSSR count). The number of amides is 1. The molecule has 1 fully saturated rings. The second-order valence-corrected chi connectivity index (χ2v) is 5.50. The minimum Gasteiger partial charge on any atom is -0.504 e. The fourth-order valence-electron chi connectivity index (χ4n) is 2.27. The van der Waals surface area contributed by atoms with Crippen molar-refractivity contribution in [2.45, 2.75) is 19.8 Å². The molecule has 0 atom stereocenters. The number of carbonyl (C=O) groups is 2. The van der Waals surface area contributed by atoms with E-state index in [-0.39, 0.29) is 24.0 Å². The highest BCUT2D eigenvalue weighted by Gasteiger charge is 2.38. The molecule has 6 heteroatoms. The van der Waals surface area contributed by atoms with Crippen LogP contribution < -0.4 is 4.74 Å². The Balaban J connectivity index is 1.86. The van der Waals surface area contributed by atoms with Crippen LogP contribution in [0.5, 0.6) is 11.5 Å². The smallest absolute Gasteiger partial charge is 0.309 e. The number of carbonyl (C=O) groups excluding carboxylic acids is 1. The molecule has 2 N–H and O–H groups in total. The minimum atomic E-state index is -0.819. The number of aliphatic carboxylic acids is 1. The molecule has 1 saturated heterocycles. The number of para-hydroxylation sites is 2. The highest BCUT2D eigenvalue weighted by Crippen LogP contribution is 2.31. The zero-order chi connectivity index (χ0) is 15.5. The first-order valence-corrected chi connectivity index (χ1v) is 6.84. The molecule has 0 bridgehead atoms. The van der Waals surface area contributed by atoms with Gasteiger partial charge in [0.2, 0.25) is 0 Å². The molecule has 0 radical (unpaired) electrons. The van der Waals surface area contributed by atoms with Crippen molar-refractivity contribution in [3.8, 4) is 11.5 Å². The topological polar surface area (TPSA) is 87.1 Å². The maximum absolute atomic E-state index is 12.0. The quantitative estimate of drug-likeness (QED) is 0.878. The van der Waals surface area contributed by atoms with Crippen molar-refractivity contribution in [3.63, 3.8) is 0 Å². The number of likely N-dealkylation sites (tertiary alicyclic amines) is 1. The van der Waals surface area contributed by atoms with E-state index in [4.69, 9.17) is 9.84 Å². The second kappa shape index (κ2) is 6.03. The van der Waals surface area contributed by atoms with E-state index in [9.17, 15) is 14.7 Å². The zero-order valence-corrected chi connectivity index (χ0v) is 11.9. The van der Waals surface area contributed by atoms with Crippen molar-refractivity contribution >= 4 is 11.9 Å². The van der Waals surface area contributed by atoms with E-state index in [2.05, 4.69) is 0 Å². The SMILES string of the molecule is CC1(C(=O)O)CCN(C(=O)COc2ccccc2O)CC1. The van der Waals surface area contributed by atoms with E-state index in [1.807, 2.05) is 0 Å². The van der Waals surface area contributed by atoms with Gasteiger partial charge in [-0.15, -0.1) is 0 Å². The Morgan fingerprint density at radius 1 is 1.29 bits per heavy atom. The van der Waals surface area contributed by atoms with Gasteiger partial charge < -0.3 is 19.8 Å². The summed E-state index contributed by atoms with van der Waals surface area (Å²) in [7, 11) is 0. The summed E-state index contributed by atoms with van der Waals surface area (Å²) in [6.45, 7) is 2.36. The molecule has 1 aromatic carbocycles. The number of ether oxygens (including phenoxy) is 1. The Kier molecular flexibility index (Phi) is 4.35. The average molecular weight is 293 g/mol. The number of carboxylic acid groups (broad SMARTS) is 1. The Hall–Kier alpha value is -2.24. The van der Waals surface area contributed by atoms with Gasteiger partial charge in [-0.05, 0) is 31.9 Å². The molecule has 0 unspecified atom stereocenters. The van der Waals surface area contributed by atoms with E-state index in [1.54, 1.807) is 30.0 Å². The van der Waals surface area contributed by atoms with E-state index in [1.165, 1.54) is 6.07 Å². The van der Waals surface area contributed by atoms with Crippen molar-refractivity contribution in [2.24, 2.45) is 5.41 Å². The van der Waals surface area contributed by atoms with Crippen LogP contribution >= 0.6 is 0 Å². The number of benzene rings is 1. The van der Waals surface area contributed by atoms with Crippen LogP contribution in [-0.2, 0) is 9.59 Å². The van der Waals surface area contributed by atoms with Gasteiger partial charge >= 0.3 is 5.97 Å². The van der Waals surface area contributed by atoms with Crippen LogP contribution in [0, 0.1) is 5.41 Å². The molecule has 114 valence electrons. The molecule has 6 nitrogen and oxygen atoms in total. The summed E-state index contributed by atoms with van der Waals surface area (Å²) in [6, 6.07) is 6.44. The Bertz CT molecular complexity index is 535. The number of hydrogen-bond acceptors (Lipinski definition) is 4. The third-order valence-corrected chi connectivity index (χ3v) is 3.95. The highest BCUT2D eigenvalue weighted by atomic mass is 16.5. The van der Waals surface area contributed by atoms with Gasteiger partial charge in [-0.1, -0.05) is 12.1 Å². The lowest BCUT2D eigenvalue weighted by Crippen LogP contribution is -2.46. The number of piperidine rings is 1. The van der Waals surface area contributed by atoms with Gasteiger partial charge in [0.25, 0.3) is 5.91 Å². The predicted molar refractivity (Wildman–Crippen MR) is 75.2 cm³/mol. The zero-order valence-electron chi connectivity index (χ0n) is 11.9. The van der Waals surface area contributed by atoms with Crippen LogP contribution in [0.3, 0.4) is 0 Å². The normalized spacial score (nSPS) is 17.3. The summed E-state index contributed by atoms with van der Waals surface area (Å²) in [5.41, 5.74) is -0.755. The van der Waals surface area contributed by atoms with Crippen LogP contribution in [0.1, 0.15) is 19.8 Å². The molecule has 0 aromatic heterocycles. The lowest BCUT2D eigenvalue weighted by atomic mass is 9.80. The number of carboxylic acids is 1. The number of phenols is 1. The highest BCUT2D eigenvalue weighted by molar-refractivity contribution is 5.79. The van der Waals surface area contributed by atoms with Crippen molar-refractivity contribution < 1.29 is 24.5 Å². The van der Waals surface area contributed by atoms with Crippen molar-refractivity contribution in [2.75, 3.05) is 19.7 Å². The first-order chi connectivity index (χ1) is 9.92. The molecule has 21 heavy (non-hydrogen) atoms. The van der Waals surface area contributed by atoms with Crippen LogP contribution in [0.2, 0.25) is 0 Å². The number of hydrogen-bond donors (Lipinski definition) is 2. The summed E-state index contributed by atoms with van der Waals surface area (Å²) < 4.78 is 5.29. The lowest BCUT2D eigenvalue weighted by molar-refractivity contribution is -0.153. The summed E-state index contributed by atoms with van der Waals surface area (Å²) in [5, 5.41) is 18.7. The van der Waals surface area contributed by atoms with Gasteiger partial charge in [-0.2, -0.15) is 0 Å². The summed E-state index contributed by atoms with van der Waals surface area (Å²) in [4.78, 5) is 24.8. The van der Waals surface area contributed by atoms with Crippen molar-refractivity contribution in [1.29, 1.82) is 0 Å². The summed E-state index contributed by atoms with van der Waals surface area (Å²) >= 11 is 0. The van der Waals surface area contributed by atoms with Gasteiger partial charge in [0, 0.05) is 13.1 Å². The molecule has 0 saturated carbocycles. The Labute approximate surface area is 122 Å². The molecule has 1 aliphatic rings. The van der Waals surface area contributed by atoms with Crippen LogP contribution in [0.4, 0.5) is 0 Å².